The Bertz CT molecular complexity index is 273. The van der Waals surface area contributed by atoms with Crippen LogP contribution in [0.15, 0.2) is 30.3 Å². The lowest BCUT2D eigenvalue weighted by Gasteiger charge is -2.12. The van der Waals surface area contributed by atoms with Crippen molar-refractivity contribution in [2.75, 3.05) is 12.5 Å². The van der Waals surface area contributed by atoms with Crippen LogP contribution in [0.4, 0.5) is 0 Å². The van der Waals surface area contributed by atoms with Crippen molar-refractivity contribution in [1.29, 1.82) is 0 Å². The molecule has 0 aliphatic rings. The molecule has 0 aliphatic heterocycles. The topological polar surface area (TPSA) is 38.7 Å². The predicted octanol–water partition coefficient (Wildman–Crippen LogP) is 3.15. The second-order valence-corrected chi connectivity index (χ2v) is 4.53. The predicted molar refractivity (Wildman–Crippen MR) is 62.5 cm³/mol. The van der Waals surface area contributed by atoms with Gasteiger partial charge >= 0.3 is 8.60 Å². The van der Waals surface area contributed by atoms with Crippen molar-refractivity contribution in [2.45, 2.75) is 5.38 Å². The fraction of sp³-hybridized carbons (Fsp3) is 0.333. The summed E-state index contributed by atoms with van der Waals surface area (Å²) in [6.45, 7) is 0.167. The second-order valence-electron chi connectivity index (χ2n) is 2.69. The number of benzene rings is 1. The average molecular weight is 269 g/mol. The molecule has 0 aromatic heterocycles. The molecule has 2 atom stereocenters. The van der Waals surface area contributed by atoms with E-state index in [2.05, 4.69) is 0 Å². The number of alkyl halides is 2. The van der Waals surface area contributed by atoms with Crippen molar-refractivity contribution in [3.63, 3.8) is 0 Å². The highest BCUT2D eigenvalue weighted by Gasteiger charge is 2.11. The smallest absolute Gasteiger partial charge is 0.394 e. The molecule has 15 heavy (non-hydrogen) atoms. The van der Waals surface area contributed by atoms with Gasteiger partial charge < -0.3 is 13.9 Å². The molecule has 0 heterocycles. The van der Waals surface area contributed by atoms with Gasteiger partial charge in [0.1, 0.15) is 5.75 Å². The van der Waals surface area contributed by atoms with E-state index in [1.165, 1.54) is 0 Å². The molecule has 1 aromatic rings. The summed E-state index contributed by atoms with van der Waals surface area (Å²) >= 11 is 11.2. The lowest BCUT2D eigenvalue weighted by atomic mass is 10.3. The van der Waals surface area contributed by atoms with E-state index < -0.39 is 8.60 Å². The van der Waals surface area contributed by atoms with Gasteiger partial charge in [-0.1, -0.05) is 18.2 Å². The molecule has 0 radical (unpaired) electrons. The molecule has 2 unspecified atom stereocenters. The molecule has 1 N–H and O–H groups in total. The summed E-state index contributed by atoms with van der Waals surface area (Å²) < 4.78 is 10.1. The van der Waals surface area contributed by atoms with Crippen molar-refractivity contribution < 1.29 is 13.9 Å². The van der Waals surface area contributed by atoms with Crippen LogP contribution in [0.25, 0.3) is 0 Å². The third-order valence-electron chi connectivity index (χ3n) is 1.46. The monoisotopic (exact) mass is 268 g/mol. The van der Waals surface area contributed by atoms with Crippen molar-refractivity contribution in [1.82, 2.24) is 0 Å². The Hall–Kier alpha value is -0.0500. The number of para-hydroxylation sites is 1. The summed E-state index contributed by atoms with van der Waals surface area (Å²) in [5.74, 6) is 0.832. The SMILES string of the molecule is OP(OCC(Cl)CCl)Oc1ccccc1. The molecule has 0 saturated carbocycles. The van der Waals surface area contributed by atoms with Crippen LogP contribution >= 0.6 is 31.8 Å². The Kier molecular flexibility index (Phi) is 6.30. The lowest BCUT2D eigenvalue weighted by molar-refractivity contribution is 0.263. The molecule has 0 aliphatic carbocycles. The molecule has 0 amide bonds. The van der Waals surface area contributed by atoms with Gasteiger partial charge in [-0.15, -0.1) is 23.2 Å². The summed E-state index contributed by atoms with van der Waals surface area (Å²) in [5.41, 5.74) is 0. The molecule has 1 rings (SSSR count). The summed E-state index contributed by atoms with van der Waals surface area (Å²) in [6, 6.07) is 8.93. The Labute approximate surface area is 99.9 Å². The highest BCUT2D eigenvalue weighted by molar-refractivity contribution is 7.41. The standard InChI is InChI=1S/C9H11Cl2O3P/c10-6-8(11)7-13-15(12)14-9-4-2-1-3-5-9/h1-5,8,12H,6-7H2. The highest BCUT2D eigenvalue weighted by atomic mass is 35.5. The first-order chi connectivity index (χ1) is 7.22. The fourth-order valence-corrected chi connectivity index (χ4v) is 1.69. The van der Waals surface area contributed by atoms with E-state index in [1.54, 1.807) is 12.1 Å². The molecule has 0 spiro atoms. The molecule has 84 valence electrons. The Morgan fingerprint density at radius 2 is 2.00 bits per heavy atom. The summed E-state index contributed by atoms with van der Waals surface area (Å²) in [5, 5.41) is -0.316. The van der Waals surface area contributed by atoms with Gasteiger partial charge in [0.15, 0.2) is 0 Å². The molecular formula is C9H11Cl2O3P. The van der Waals surface area contributed by atoms with Gasteiger partial charge in [-0.3, -0.25) is 0 Å². The van der Waals surface area contributed by atoms with Crippen molar-refractivity contribution >= 4 is 31.8 Å². The molecule has 0 fully saturated rings. The van der Waals surface area contributed by atoms with E-state index in [-0.39, 0.29) is 17.9 Å². The Morgan fingerprint density at radius 3 is 2.60 bits per heavy atom. The van der Waals surface area contributed by atoms with Crippen LogP contribution in [0.5, 0.6) is 5.75 Å². The summed E-state index contributed by atoms with van der Waals surface area (Å²) in [7, 11) is -1.94. The maximum Gasteiger partial charge on any atom is 0.394 e. The molecular weight excluding hydrogens is 258 g/mol. The van der Waals surface area contributed by atoms with E-state index in [1.807, 2.05) is 18.2 Å². The van der Waals surface area contributed by atoms with Gasteiger partial charge in [0.2, 0.25) is 0 Å². The van der Waals surface area contributed by atoms with Gasteiger partial charge in [-0.05, 0) is 12.1 Å². The largest absolute Gasteiger partial charge is 0.427 e. The van der Waals surface area contributed by atoms with Gasteiger partial charge in [0, 0.05) is 5.88 Å². The van der Waals surface area contributed by atoms with Crippen molar-refractivity contribution in [2.24, 2.45) is 0 Å². The van der Waals surface area contributed by atoms with Crippen LogP contribution in [0.3, 0.4) is 0 Å². The van der Waals surface area contributed by atoms with Crippen LogP contribution in [0, 0.1) is 0 Å². The zero-order valence-corrected chi connectivity index (χ0v) is 10.3. The third kappa shape index (κ3) is 5.55. The van der Waals surface area contributed by atoms with Crippen LogP contribution in [-0.2, 0) is 4.52 Å². The fourth-order valence-electron chi connectivity index (χ4n) is 0.787. The normalized spacial score (nSPS) is 14.6. The minimum atomic E-state index is -1.94. The number of hydrogen-bond acceptors (Lipinski definition) is 3. The van der Waals surface area contributed by atoms with Gasteiger partial charge in [-0.2, -0.15) is 0 Å². The maximum atomic E-state index is 9.37. The summed E-state index contributed by atoms with van der Waals surface area (Å²) in [6.07, 6.45) is 0. The highest BCUT2D eigenvalue weighted by Crippen LogP contribution is 2.34. The van der Waals surface area contributed by atoms with Gasteiger partial charge in [0.25, 0.3) is 0 Å². The van der Waals surface area contributed by atoms with Crippen LogP contribution in [0.1, 0.15) is 0 Å². The first kappa shape index (κ1) is 13.0. The minimum absolute atomic E-state index is 0.167. The van der Waals surface area contributed by atoms with Crippen LogP contribution in [-0.4, -0.2) is 22.8 Å². The van der Waals surface area contributed by atoms with Crippen molar-refractivity contribution in [3.05, 3.63) is 30.3 Å². The van der Waals surface area contributed by atoms with Crippen molar-refractivity contribution in [3.8, 4) is 5.75 Å². The molecule has 0 saturated heterocycles. The maximum absolute atomic E-state index is 9.37. The molecule has 3 nitrogen and oxygen atoms in total. The number of halogens is 2. The Balaban J connectivity index is 2.27. The lowest BCUT2D eigenvalue weighted by Crippen LogP contribution is -2.09. The van der Waals surface area contributed by atoms with E-state index >= 15 is 0 Å². The van der Waals surface area contributed by atoms with Crippen LogP contribution in [0.2, 0.25) is 0 Å². The zero-order valence-electron chi connectivity index (χ0n) is 7.85. The minimum Gasteiger partial charge on any atom is -0.427 e. The van der Waals surface area contributed by atoms with E-state index in [0.717, 1.165) is 0 Å². The molecule has 6 heteroatoms. The van der Waals surface area contributed by atoms with E-state index in [4.69, 9.17) is 32.2 Å². The number of hydrogen-bond donors (Lipinski definition) is 1. The van der Waals surface area contributed by atoms with E-state index in [0.29, 0.717) is 5.75 Å². The average Bonchev–Trinajstić information content (AvgIpc) is 2.27. The van der Waals surface area contributed by atoms with Gasteiger partial charge in [0.05, 0.1) is 12.0 Å². The zero-order chi connectivity index (χ0) is 11.1. The molecule has 0 bridgehead atoms. The third-order valence-corrected chi connectivity index (χ3v) is 3.01. The molecule has 1 aromatic carbocycles. The van der Waals surface area contributed by atoms with Crippen LogP contribution < -0.4 is 4.52 Å². The van der Waals surface area contributed by atoms with E-state index in [9.17, 15) is 4.89 Å². The number of rotatable bonds is 6. The first-order valence-electron chi connectivity index (χ1n) is 4.27. The Morgan fingerprint density at radius 1 is 1.33 bits per heavy atom. The summed E-state index contributed by atoms with van der Waals surface area (Å²) in [4.78, 5) is 9.37. The van der Waals surface area contributed by atoms with Gasteiger partial charge in [-0.25, -0.2) is 0 Å². The second kappa shape index (κ2) is 7.26. The quantitative estimate of drug-likeness (QED) is 0.636. The first-order valence-corrected chi connectivity index (χ1v) is 6.37.